The minimum Gasteiger partial charge on any atom is -0.497 e. The molecule has 0 aliphatic heterocycles. The summed E-state index contributed by atoms with van der Waals surface area (Å²) in [6.07, 6.45) is 0. The van der Waals surface area contributed by atoms with Crippen LogP contribution in [0.1, 0.15) is 22.8 Å². The van der Waals surface area contributed by atoms with E-state index in [2.05, 4.69) is 5.32 Å². The van der Waals surface area contributed by atoms with Crippen LogP contribution in [0.3, 0.4) is 0 Å². The molecule has 24 heavy (non-hydrogen) atoms. The molecule has 0 heterocycles. The number of benzene rings is 2. The summed E-state index contributed by atoms with van der Waals surface area (Å²) >= 11 is 0. The van der Waals surface area contributed by atoms with E-state index >= 15 is 0 Å². The highest BCUT2D eigenvalue weighted by Crippen LogP contribution is 2.24. The Morgan fingerprint density at radius 1 is 1.12 bits per heavy atom. The summed E-state index contributed by atoms with van der Waals surface area (Å²) < 4.78 is 23.3. The number of hydrogen-bond donors (Lipinski definition) is 1. The van der Waals surface area contributed by atoms with Gasteiger partial charge in [0.25, 0.3) is 5.91 Å². The molecule has 0 aliphatic carbocycles. The third kappa shape index (κ3) is 4.81. The van der Waals surface area contributed by atoms with Crippen molar-refractivity contribution < 1.29 is 23.5 Å². The molecule has 0 radical (unpaired) electrons. The van der Waals surface area contributed by atoms with E-state index in [-0.39, 0.29) is 30.7 Å². The van der Waals surface area contributed by atoms with Gasteiger partial charge in [-0.15, -0.1) is 0 Å². The maximum absolute atomic E-state index is 12.8. The van der Waals surface area contributed by atoms with Crippen LogP contribution in [0.4, 0.5) is 4.39 Å². The van der Waals surface area contributed by atoms with E-state index in [0.29, 0.717) is 17.1 Å². The standard InChI is InChI=1S/C18H18FNO4/c1-12(21)16-9-15(23-2)7-8-17(16)24-11-18(22)20-10-13-3-5-14(19)6-4-13/h3-9H,10-11H2,1-2H3,(H,20,22). The van der Waals surface area contributed by atoms with Gasteiger partial charge < -0.3 is 14.8 Å². The first-order valence-electron chi connectivity index (χ1n) is 7.32. The summed E-state index contributed by atoms with van der Waals surface area (Å²) in [6.45, 7) is 1.45. The minimum atomic E-state index is -0.343. The average Bonchev–Trinajstić information content (AvgIpc) is 2.59. The summed E-state index contributed by atoms with van der Waals surface area (Å²) in [5.74, 6) is -0.00140. The Morgan fingerprint density at radius 2 is 1.83 bits per heavy atom. The second kappa shape index (κ2) is 8.10. The molecular formula is C18H18FNO4. The molecule has 0 aromatic heterocycles. The number of ether oxygens (including phenoxy) is 2. The van der Waals surface area contributed by atoms with Crippen LogP contribution in [0.2, 0.25) is 0 Å². The van der Waals surface area contributed by atoms with Gasteiger partial charge in [-0.2, -0.15) is 0 Å². The molecule has 0 aliphatic rings. The lowest BCUT2D eigenvalue weighted by molar-refractivity contribution is -0.123. The Labute approximate surface area is 139 Å². The lowest BCUT2D eigenvalue weighted by atomic mass is 10.1. The number of carbonyl (C=O) groups is 2. The average molecular weight is 331 g/mol. The van der Waals surface area contributed by atoms with E-state index in [9.17, 15) is 14.0 Å². The van der Waals surface area contributed by atoms with Crippen molar-refractivity contribution in [2.24, 2.45) is 0 Å². The molecule has 0 saturated heterocycles. The summed E-state index contributed by atoms with van der Waals surface area (Å²) in [6, 6.07) is 10.6. The van der Waals surface area contributed by atoms with E-state index in [1.807, 2.05) is 0 Å². The van der Waals surface area contributed by atoms with Crippen molar-refractivity contribution in [1.29, 1.82) is 0 Å². The van der Waals surface area contributed by atoms with Crippen LogP contribution >= 0.6 is 0 Å². The zero-order valence-electron chi connectivity index (χ0n) is 13.5. The molecule has 0 saturated carbocycles. The van der Waals surface area contributed by atoms with Gasteiger partial charge in [-0.25, -0.2) is 4.39 Å². The van der Waals surface area contributed by atoms with E-state index in [4.69, 9.17) is 9.47 Å². The Bertz CT molecular complexity index is 728. The number of carbonyl (C=O) groups excluding carboxylic acids is 2. The van der Waals surface area contributed by atoms with E-state index in [1.165, 1.54) is 26.2 Å². The van der Waals surface area contributed by atoms with Gasteiger partial charge in [0.1, 0.15) is 17.3 Å². The van der Waals surface area contributed by atoms with Gasteiger partial charge >= 0.3 is 0 Å². The predicted molar refractivity (Wildman–Crippen MR) is 86.7 cm³/mol. The van der Waals surface area contributed by atoms with Gasteiger partial charge in [0, 0.05) is 6.54 Å². The van der Waals surface area contributed by atoms with Gasteiger partial charge in [0.2, 0.25) is 0 Å². The maximum atomic E-state index is 12.8. The molecule has 0 unspecified atom stereocenters. The number of amides is 1. The number of hydrogen-bond acceptors (Lipinski definition) is 4. The topological polar surface area (TPSA) is 64.6 Å². The van der Waals surface area contributed by atoms with Crippen LogP contribution in [-0.4, -0.2) is 25.4 Å². The molecule has 1 N–H and O–H groups in total. The summed E-state index contributed by atoms with van der Waals surface area (Å²) in [5.41, 5.74) is 1.12. The van der Waals surface area contributed by atoms with Crippen LogP contribution in [0.15, 0.2) is 42.5 Å². The molecule has 0 fully saturated rings. The molecule has 2 aromatic rings. The molecule has 1 amide bonds. The van der Waals surface area contributed by atoms with Crippen molar-refractivity contribution >= 4 is 11.7 Å². The fraction of sp³-hybridized carbons (Fsp3) is 0.222. The van der Waals surface area contributed by atoms with Crippen molar-refractivity contribution in [3.8, 4) is 11.5 Å². The summed E-state index contributed by atoms with van der Waals surface area (Å²) in [4.78, 5) is 23.5. The van der Waals surface area contributed by atoms with Crippen LogP contribution in [-0.2, 0) is 11.3 Å². The highest BCUT2D eigenvalue weighted by Gasteiger charge is 2.12. The van der Waals surface area contributed by atoms with Crippen LogP contribution in [0.5, 0.6) is 11.5 Å². The molecule has 2 rings (SSSR count). The quantitative estimate of drug-likeness (QED) is 0.792. The molecule has 0 spiro atoms. The van der Waals surface area contributed by atoms with Crippen LogP contribution in [0.25, 0.3) is 0 Å². The van der Waals surface area contributed by atoms with Gasteiger partial charge in [-0.3, -0.25) is 9.59 Å². The van der Waals surface area contributed by atoms with Crippen molar-refractivity contribution in [2.75, 3.05) is 13.7 Å². The predicted octanol–water partition coefficient (Wildman–Crippen LogP) is 2.73. The Morgan fingerprint density at radius 3 is 2.46 bits per heavy atom. The zero-order valence-corrected chi connectivity index (χ0v) is 13.5. The monoisotopic (exact) mass is 331 g/mol. The van der Waals surface area contributed by atoms with Gasteiger partial charge in [0.05, 0.1) is 12.7 Å². The number of Topliss-reactive ketones (excluding diaryl/α,β-unsaturated/α-hetero) is 1. The normalized spacial score (nSPS) is 10.1. The van der Waals surface area contributed by atoms with Crippen molar-refractivity contribution in [1.82, 2.24) is 5.32 Å². The van der Waals surface area contributed by atoms with Gasteiger partial charge in [0.15, 0.2) is 12.4 Å². The van der Waals surface area contributed by atoms with E-state index < -0.39 is 0 Å². The van der Waals surface area contributed by atoms with Crippen molar-refractivity contribution in [3.05, 3.63) is 59.4 Å². The van der Waals surface area contributed by atoms with E-state index in [0.717, 1.165) is 5.56 Å². The molecule has 0 bridgehead atoms. The second-order valence-corrected chi connectivity index (χ2v) is 5.11. The fourth-order valence-corrected chi connectivity index (χ4v) is 2.03. The Kier molecular flexibility index (Phi) is 5.89. The highest BCUT2D eigenvalue weighted by molar-refractivity contribution is 5.97. The van der Waals surface area contributed by atoms with Gasteiger partial charge in [-0.1, -0.05) is 12.1 Å². The first-order chi connectivity index (χ1) is 11.5. The number of nitrogens with one attached hydrogen (secondary N) is 1. The highest BCUT2D eigenvalue weighted by atomic mass is 19.1. The smallest absolute Gasteiger partial charge is 0.258 e. The van der Waals surface area contributed by atoms with Gasteiger partial charge in [-0.05, 0) is 42.8 Å². The Hall–Kier alpha value is -2.89. The third-order valence-corrected chi connectivity index (χ3v) is 3.33. The first-order valence-corrected chi connectivity index (χ1v) is 7.32. The molecular weight excluding hydrogens is 313 g/mol. The van der Waals surface area contributed by atoms with Crippen LogP contribution in [0, 0.1) is 5.82 Å². The molecule has 0 atom stereocenters. The van der Waals surface area contributed by atoms with Crippen LogP contribution < -0.4 is 14.8 Å². The molecule has 2 aromatic carbocycles. The molecule has 5 nitrogen and oxygen atoms in total. The van der Waals surface area contributed by atoms with E-state index in [1.54, 1.807) is 30.3 Å². The second-order valence-electron chi connectivity index (χ2n) is 5.11. The number of methoxy groups -OCH3 is 1. The Balaban J connectivity index is 1.91. The SMILES string of the molecule is COc1ccc(OCC(=O)NCc2ccc(F)cc2)c(C(C)=O)c1. The van der Waals surface area contributed by atoms with Crippen molar-refractivity contribution in [2.45, 2.75) is 13.5 Å². The lowest BCUT2D eigenvalue weighted by Crippen LogP contribution is -2.28. The minimum absolute atomic E-state index is 0.185. The number of halogens is 1. The maximum Gasteiger partial charge on any atom is 0.258 e. The largest absolute Gasteiger partial charge is 0.497 e. The molecule has 6 heteroatoms. The summed E-state index contributed by atoms with van der Waals surface area (Å²) in [5, 5.41) is 2.66. The lowest BCUT2D eigenvalue weighted by Gasteiger charge is -2.11. The summed E-state index contributed by atoms with van der Waals surface area (Å²) in [7, 11) is 1.50. The first kappa shape index (κ1) is 17.5. The molecule has 126 valence electrons. The third-order valence-electron chi connectivity index (χ3n) is 3.33. The number of rotatable bonds is 7. The number of ketones is 1. The zero-order chi connectivity index (χ0) is 17.5. The fourth-order valence-electron chi connectivity index (χ4n) is 2.03. The van der Waals surface area contributed by atoms with Crippen molar-refractivity contribution in [3.63, 3.8) is 0 Å².